The molecular weight excluding hydrogens is 354 g/mol. The molecule has 1 aliphatic heterocycles. The van der Waals surface area contributed by atoms with Gasteiger partial charge in [0.05, 0.1) is 13.2 Å². The summed E-state index contributed by atoms with van der Waals surface area (Å²) in [7, 11) is 1.99. The number of aromatic nitrogens is 3. The van der Waals surface area contributed by atoms with Gasteiger partial charge in [0.1, 0.15) is 12.4 Å². The molecule has 0 atom stereocenters. The molecule has 2 heterocycles. The van der Waals surface area contributed by atoms with Crippen molar-refractivity contribution in [3.8, 4) is 0 Å². The quantitative estimate of drug-likeness (QED) is 0.377. The van der Waals surface area contributed by atoms with E-state index in [1.54, 1.807) is 0 Å². The summed E-state index contributed by atoms with van der Waals surface area (Å²) in [4.78, 5) is 7.26. The number of nitrogens with zero attached hydrogens (tertiary/aromatic N) is 5. The number of hydrogen-bond donors (Lipinski definition) is 2. The van der Waals surface area contributed by atoms with Crippen molar-refractivity contribution in [3.63, 3.8) is 0 Å². The van der Waals surface area contributed by atoms with E-state index in [0.29, 0.717) is 12.0 Å². The third kappa shape index (κ3) is 5.67. The fraction of sp³-hybridized carbons (Fsp3) is 0.850. The van der Waals surface area contributed by atoms with E-state index in [9.17, 15) is 0 Å². The monoisotopic (exact) mass is 391 g/mol. The van der Waals surface area contributed by atoms with Crippen LogP contribution >= 0.6 is 0 Å². The van der Waals surface area contributed by atoms with E-state index in [1.807, 2.05) is 18.5 Å². The molecular formula is C20H37N7O. The zero-order valence-corrected chi connectivity index (χ0v) is 17.8. The fourth-order valence-corrected chi connectivity index (χ4v) is 3.85. The van der Waals surface area contributed by atoms with Crippen LogP contribution in [-0.2, 0) is 18.3 Å². The van der Waals surface area contributed by atoms with Gasteiger partial charge in [-0.15, -0.1) is 10.2 Å². The lowest BCUT2D eigenvalue weighted by Crippen LogP contribution is -2.47. The molecule has 1 aromatic heterocycles. The highest BCUT2D eigenvalue weighted by atomic mass is 16.5. The molecule has 0 aromatic carbocycles. The summed E-state index contributed by atoms with van der Waals surface area (Å²) in [5.74, 6) is 2.70. The van der Waals surface area contributed by atoms with Crippen molar-refractivity contribution < 1.29 is 4.74 Å². The number of guanidine groups is 1. The fourth-order valence-electron chi connectivity index (χ4n) is 3.85. The van der Waals surface area contributed by atoms with Crippen molar-refractivity contribution in [1.82, 2.24) is 30.3 Å². The summed E-state index contributed by atoms with van der Waals surface area (Å²) in [6, 6.07) is 0. The number of aryl methyl sites for hydroxylation is 1. The van der Waals surface area contributed by atoms with E-state index in [-0.39, 0.29) is 0 Å². The standard InChI is InChI=1S/C20H37N7O/c1-4-20(7-5-8-20)16-23-19(22-15-18-25-24-17(2)26(18)3)21-9-6-10-27-11-13-28-14-12-27/h4-16H2,1-3H3,(H2,21,22,23). The lowest BCUT2D eigenvalue weighted by Gasteiger charge is -2.41. The first-order valence-corrected chi connectivity index (χ1v) is 10.8. The van der Waals surface area contributed by atoms with Crippen molar-refractivity contribution in [2.24, 2.45) is 17.5 Å². The molecule has 0 unspecified atom stereocenters. The van der Waals surface area contributed by atoms with Crippen LogP contribution in [0.1, 0.15) is 50.7 Å². The zero-order chi connectivity index (χ0) is 19.8. The largest absolute Gasteiger partial charge is 0.379 e. The first kappa shape index (κ1) is 21.0. The summed E-state index contributed by atoms with van der Waals surface area (Å²) in [5.41, 5.74) is 0.456. The Labute approximate surface area is 169 Å². The molecule has 0 spiro atoms. The lowest BCUT2D eigenvalue weighted by atomic mass is 9.67. The Balaban J connectivity index is 1.50. The highest BCUT2D eigenvalue weighted by Gasteiger charge is 2.34. The van der Waals surface area contributed by atoms with Gasteiger partial charge in [0, 0.05) is 33.2 Å². The van der Waals surface area contributed by atoms with Gasteiger partial charge in [-0.1, -0.05) is 13.3 Å². The second-order valence-electron chi connectivity index (χ2n) is 8.18. The van der Waals surface area contributed by atoms with E-state index in [4.69, 9.17) is 9.73 Å². The number of ether oxygens (including phenoxy) is 1. The van der Waals surface area contributed by atoms with Gasteiger partial charge in [-0.3, -0.25) is 4.90 Å². The molecule has 28 heavy (non-hydrogen) atoms. The Kier molecular flexibility index (Phi) is 7.67. The molecule has 1 aromatic rings. The number of morpholine rings is 1. The molecule has 1 saturated heterocycles. The highest BCUT2D eigenvalue weighted by Crippen LogP contribution is 2.42. The van der Waals surface area contributed by atoms with Crippen molar-refractivity contribution in [1.29, 1.82) is 0 Å². The summed E-state index contributed by atoms with van der Waals surface area (Å²) < 4.78 is 7.42. The molecule has 1 aliphatic carbocycles. The SMILES string of the molecule is CCC1(CNC(=NCc2nnc(C)n2C)NCCCN2CCOCC2)CCC1. The van der Waals surface area contributed by atoms with Gasteiger partial charge in [0.15, 0.2) is 11.8 Å². The van der Waals surface area contributed by atoms with E-state index in [0.717, 1.165) is 70.0 Å². The molecule has 2 aliphatic rings. The molecule has 2 fully saturated rings. The van der Waals surface area contributed by atoms with Gasteiger partial charge in [-0.25, -0.2) is 4.99 Å². The van der Waals surface area contributed by atoms with Gasteiger partial charge in [0.25, 0.3) is 0 Å². The predicted octanol–water partition coefficient (Wildman–Crippen LogP) is 1.46. The average molecular weight is 392 g/mol. The normalized spacial score (nSPS) is 20.0. The van der Waals surface area contributed by atoms with Crippen molar-refractivity contribution in [2.45, 2.75) is 52.5 Å². The third-order valence-corrected chi connectivity index (χ3v) is 6.40. The first-order chi connectivity index (χ1) is 13.6. The minimum absolute atomic E-state index is 0.456. The van der Waals surface area contributed by atoms with Gasteiger partial charge >= 0.3 is 0 Å². The molecule has 1 saturated carbocycles. The maximum atomic E-state index is 5.42. The zero-order valence-electron chi connectivity index (χ0n) is 17.8. The summed E-state index contributed by atoms with van der Waals surface area (Å²) in [6.07, 6.45) is 6.33. The Morgan fingerprint density at radius 1 is 1.21 bits per heavy atom. The van der Waals surface area contributed by atoms with Crippen LogP contribution in [0.2, 0.25) is 0 Å². The average Bonchev–Trinajstić information content (AvgIpc) is 3.01. The molecule has 3 rings (SSSR count). The number of rotatable bonds is 9. The van der Waals surface area contributed by atoms with Crippen molar-refractivity contribution in [3.05, 3.63) is 11.6 Å². The second-order valence-corrected chi connectivity index (χ2v) is 8.18. The topological polar surface area (TPSA) is 79.6 Å². The molecule has 158 valence electrons. The van der Waals surface area contributed by atoms with Gasteiger partial charge in [-0.05, 0) is 44.6 Å². The lowest BCUT2D eigenvalue weighted by molar-refractivity contribution is 0.0376. The van der Waals surface area contributed by atoms with Crippen molar-refractivity contribution >= 4 is 5.96 Å². The molecule has 2 N–H and O–H groups in total. The van der Waals surface area contributed by atoms with Crippen LogP contribution in [0, 0.1) is 12.3 Å². The van der Waals surface area contributed by atoms with E-state index >= 15 is 0 Å². The van der Waals surface area contributed by atoms with Crippen LogP contribution < -0.4 is 10.6 Å². The van der Waals surface area contributed by atoms with Gasteiger partial charge in [-0.2, -0.15) is 0 Å². The molecule has 8 heteroatoms. The molecule has 0 radical (unpaired) electrons. The predicted molar refractivity (Wildman–Crippen MR) is 111 cm³/mol. The first-order valence-electron chi connectivity index (χ1n) is 10.8. The summed E-state index contributed by atoms with van der Waals surface area (Å²) in [5, 5.41) is 15.5. The van der Waals surface area contributed by atoms with Crippen LogP contribution in [0.4, 0.5) is 0 Å². The number of aliphatic imine (C=N–C) groups is 1. The van der Waals surface area contributed by atoms with Crippen LogP contribution in [0.5, 0.6) is 0 Å². The smallest absolute Gasteiger partial charge is 0.191 e. The minimum atomic E-state index is 0.456. The Bertz CT molecular complexity index is 627. The second kappa shape index (κ2) is 10.2. The van der Waals surface area contributed by atoms with E-state index in [1.165, 1.54) is 25.7 Å². The summed E-state index contributed by atoms with van der Waals surface area (Å²) in [6.45, 7) is 11.6. The molecule has 0 bridgehead atoms. The van der Waals surface area contributed by atoms with Crippen LogP contribution in [0.15, 0.2) is 4.99 Å². The van der Waals surface area contributed by atoms with E-state index in [2.05, 4.69) is 32.7 Å². The number of hydrogen-bond acceptors (Lipinski definition) is 5. The third-order valence-electron chi connectivity index (χ3n) is 6.40. The molecule has 0 amide bonds. The van der Waals surface area contributed by atoms with Crippen molar-refractivity contribution in [2.75, 3.05) is 45.9 Å². The van der Waals surface area contributed by atoms with Crippen LogP contribution in [-0.4, -0.2) is 71.6 Å². The Morgan fingerprint density at radius 2 is 2.00 bits per heavy atom. The van der Waals surface area contributed by atoms with Gasteiger partial charge in [0.2, 0.25) is 0 Å². The van der Waals surface area contributed by atoms with Crippen LogP contribution in [0.25, 0.3) is 0 Å². The van der Waals surface area contributed by atoms with E-state index < -0.39 is 0 Å². The Hall–Kier alpha value is -1.67. The highest BCUT2D eigenvalue weighted by molar-refractivity contribution is 5.79. The van der Waals surface area contributed by atoms with Crippen LogP contribution in [0.3, 0.4) is 0 Å². The maximum absolute atomic E-state index is 5.42. The number of nitrogens with one attached hydrogen (secondary N) is 2. The maximum Gasteiger partial charge on any atom is 0.191 e. The minimum Gasteiger partial charge on any atom is -0.379 e. The molecule has 8 nitrogen and oxygen atoms in total. The van der Waals surface area contributed by atoms with Gasteiger partial charge < -0.3 is 19.9 Å². The Morgan fingerprint density at radius 3 is 2.61 bits per heavy atom. The summed E-state index contributed by atoms with van der Waals surface area (Å²) >= 11 is 0.